The van der Waals surface area contributed by atoms with Crippen LogP contribution >= 0.6 is 12.4 Å². The molecule has 1 fully saturated rings. The molecule has 3 rings (SSSR count). The molecule has 0 bridgehead atoms. The minimum Gasteiger partial charge on any atom is -0.352 e. The first-order valence-corrected chi connectivity index (χ1v) is 7.96. The maximum atomic E-state index is 13.8. The van der Waals surface area contributed by atoms with Crippen molar-refractivity contribution in [2.45, 2.75) is 12.8 Å². The Balaban J connectivity index is 0.00000225. The molecule has 2 aliphatic rings. The maximum absolute atomic E-state index is 13.8. The van der Waals surface area contributed by atoms with Crippen LogP contribution in [0.25, 0.3) is 0 Å². The number of amides is 2. The predicted molar refractivity (Wildman–Crippen MR) is 92.6 cm³/mol. The van der Waals surface area contributed by atoms with Gasteiger partial charge in [0, 0.05) is 32.1 Å². The Morgan fingerprint density at radius 2 is 2.16 bits per heavy atom. The SMILES string of the molecule is Cl.O=C(NCC1=CCNCC1)C1CC(=O)N(c2ccc(F)cc2F)C1. The van der Waals surface area contributed by atoms with E-state index in [1.807, 2.05) is 6.08 Å². The van der Waals surface area contributed by atoms with E-state index in [2.05, 4.69) is 10.6 Å². The van der Waals surface area contributed by atoms with Crippen LogP contribution in [0, 0.1) is 17.6 Å². The number of benzene rings is 1. The van der Waals surface area contributed by atoms with E-state index in [0.29, 0.717) is 6.54 Å². The van der Waals surface area contributed by atoms with E-state index >= 15 is 0 Å². The number of halogens is 3. The van der Waals surface area contributed by atoms with Crippen LogP contribution in [0.3, 0.4) is 0 Å². The fraction of sp³-hybridized carbons (Fsp3) is 0.412. The molecule has 2 amide bonds. The normalized spacial score (nSPS) is 20.1. The quantitative estimate of drug-likeness (QED) is 0.793. The molecular weight excluding hydrogens is 352 g/mol. The van der Waals surface area contributed by atoms with Crippen LogP contribution in [-0.4, -0.2) is 38.0 Å². The van der Waals surface area contributed by atoms with E-state index in [9.17, 15) is 18.4 Å². The smallest absolute Gasteiger partial charge is 0.227 e. The van der Waals surface area contributed by atoms with Crippen LogP contribution in [0.1, 0.15) is 12.8 Å². The average molecular weight is 372 g/mol. The van der Waals surface area contributed by atoms with Gasteiger partial charge in [0.1, 0.15) is 11.6 Å². The zero-order valence-electron chi connectivity index (χ0n) is 13.6. The fourth-order valence-corrected chi connectivity index (χ4v) is 2.99. The molecule has 2 N–H and O–H groups in total. The van der Waals surface area contributed by atoms with Crippen LogP contribution in [0.5, 0.6) is 0 Å². The number of hydrogen-bond acceptors (Lipinski definition) is 3. The van der Waals surface area contributed by atoms with Gasteiger partial charge in [0.15, 0.2) is 0 Å². The fourth-order valence-electron chi connectivity index (χ4n) is 2.99. The number of nitrogens with one attached hydrogen (secondary N) is 2. The highest BCUT2D eigenvalue weighted by atomic mass is 35.5. The Bertz CT molecular complexity index is 696. The molecule has 1 atom stereocenters. The van der Waals surface area contributed by atoms with Gasteiger partial charge in [-0.05, 0) is 25.1 Å². The highest BCUT2D eigenvalue weighted by Crippen LogP contribution is 2.28. The van der Waals surface area contributed by atoms with Gasteiger partial charge in [0.25, 0.3) is 0 Å². The third kappa shape index (κ3) is 4.55. The van der Waals surface area contributed by atoms with Gasteiger partial charge in [0.05, 0.1) is 11.6 Å². The van der Waals surface area contributed by atoms with E-state index in [1.165, 1.54) is 11.0 Å². The molecule has 2 aliphatic heterocycles. The van der Waals surface area contributed by atoms with E-state index < -0.39 is 17.6 Å². The van der Waals surface area contributed by atoms with Crippen LogP contribution in [0.15, 0.2) is 29.8 Å². The summed E-state index contributed by atoms with van der Waals surface area (Å²) in [4.78, 5) is 25.6. The molecule has 1 aromatic rings. The number of carbonyl (C=O) groups excluding carboxylic acids is 2. The summed E-state index contributed by atoms with van der Waals surface area (Å²) in [6.07, 6.45) is 2.96. The molecule has 0 spiro atoms. The third-order valence-electron chi connectivity index (χ3n) is 4.34. The summed E-state index contributed by atoms with van der Waals surface area (Å²) < 4.78 is 26.8. The van der Waals surface area contributed by atoms with Gasteiger partial charge in [-0.3, -0.25) is 9.59 Å². The van der Waals surface area contributed by atoms with Crippen molar-refractivity contribution in [1.82, 2.24) is 10.6 Å². The van der Waals surface area contributed by atoms with E-state index in [0.717, 1.165) is 37.2 Å². The van der Waals surface area contributed by atoms with Crippen molar-refractivity contribution < 1.29 is 18.4 Å². The van der Waals surface area contributed by atoms with Crippen molar-refractivity contribution in [3.05, 3.63) is 41.5 Å². The largest absolute Gasteiger partial charge is 0.352 e. The zero-order chi connectivity index (χ0) is 17.1. The third-order valence-corrected chi connectivity index (χ3v) is 4.34. The topological polar surface area (TPSA) is 61.4 Å². The second-order valence-corrected chi connectivity index (χ2v) is 6.04. The van der Waals surface area contributed by atoms with Gasteiger partial charge in [-0.25, -0.2) is 8.78 Å². The summed E-state index contributed by atoms with van der Waals surface area (Å²) in [5, 5.41) is 6.04. The lowest BCUT2D eigenvalue weighted by Crippen LogP contribution is -2.35. The van der Waals surface area contributed by atoms with E-state index in [1.54, 1.807) is 0 Å². The Morgan fingerprint density at radius 1 is 1.36 bits per heavy atom. The molecule has 0 aliphatic carbocycles. The van der Waals surface area contributed by atoms with Crippen LogP contribution in [-0.2, 0) is 9.59 Å². The first-order chi connectivity index (χ1) is 11.5. The average Bonchev–Trinajstić information content (AvgIpc) is 2.95. The summed E-state index contributed by atoms with van der Waals surface area (Å²) in [6, 6.07) is 3.06. The molecule has 0 aromatic heterocycles. The molecule has 1 aromatic carbocycles. The number of carbonyl (C=O) groups is 2. The summed E-state index contributed by atoms with van der Waals surface area (Å²) in [5.41, 5.74) is 1.17. The maximum Gasteiger partial charge on any atom is 0.227 e. The second-order valence-electron chi connectivity index (χ2n) is 6.04. The van der Waals surface area contributed by atoms with E-state index in [-0.39, 0.29) is 42.9 Å². The van der Waals surface area contributed by atoms with Crippen molar-refractivity contribution in [2.24, 2.45) is 5.92 Å². The number of anilines is 1. The molecular formula is C17H20ClF2N3O2. The Hall–Kier alpha value is -1.99. The van der Waals surface area contributed by atoms with Gasteiger partial charge in [-0.2, -0.15) is 0 Å². The lowest BCUT2D eigenvalue weighted by atomic mass is 10.1. The molecule has 0 radical (unpaired) electrons. The minimum atomic E-state index is -0.802. The lowest BCUT2D eigenvalue weighted by molar-refractivity contribution is -0.126. The predicted octanol–water partition coefficient (Wildman–Crippen LogP) is 1.78. The molecule has 1 unspecified atom stereocenters. The van der Waals surface area contributed by atoms with Gasteiger partial charge in [-0.1, -0.05) is 11.6 Å². The number of rotatable bonds is 4. The highest BCUT2D eigenvalue weighted by molar-refractivity contribution is 6.00. The van der Waals surface area contributed by atoms with Gasteiger partial charge < -0.3 is 15.5 Å². The molecule has 5 nitrogen and oxygen atoms in total. The van der Waals surface area contributed by atoms with Crippen LogP contribution < -0.4 is 15.5 Å². The van der Waals surface area contributed by atoms with Gasteiger partial charge in [0.2, 0.25) is 11.8 Å². The Labute approximate surface area is 150 Å². The van der Waals surface area contributed by atoms with Crippen molar-refractivity contribution in [1.29, 1.82) is 0 Å². The van der Waals surface area contributed by atoms with Crippen LogP contribution in [0.4, 0.5) is 14.5 Å². The zero-order valence-corrected chi connectivity index (χ0v) is 14.4. The van der Waals surface area contributed by atoms with Gasteiger partial charge >= 0.3 is 0 Å². The highest BCUT2D eigenvalue weighted by Gasteiger charge is 2.36. The Kier molecular flexibility index (Phi) is 6.50. The number of nitrogens with zero attached hydrogens (tertiary/aromatic N) is 1. The summed E-state index contributed by atoms with van der Waals surface area (Å²) in [7, 11) is 0. The lowest BCUT2D eigenvalue weighted by Gasteiger charge is -2.18. The number of hydrogen-bond donors (Lipinski definition) is 2. The molecule has 136 valence electrons. The second kappa shape index (κ2) is 8.40. The standard InChI is InChI=1S/C17H19F2N3O2.ClH/c18-13-1-2-15(14(19)8-13)22-10-12(7-16(22)23)17(24)21-9-11-3-5-20-6-4-11;/h1-3,8,12,20H,4-7,9-10H2,(H,21,24);1H. The van der Waals surface area contributed by atoms with Crippen molar-refractivity contribution in [3.8, 4) is 0 Å². The molecule has 8 heteroatoms. The molecule has 1 saturated heterocycles. The molecule has 25 heavy (non-hydrogen) atoms. The van der Waals surface area contributed by atoms with E-state index in [4.69, 9.17) is 0 Å². The first kappa shape index (κ1) is 19.3. The van der Waals surface area contributed by atoms with Gasteiger partial charge in [-0.15, -0.1) is 12.4 Å². The molecule has 2 heterocycles. The Morgan fingerprint density at radius 3 is 2.84 bits per heavy atom. The van der Waals surface area contributed by atoms with Crippen molar-refractivity contribution >= 4 is 29.9 Å². The molecule has 0 saturated carbocycles. The summed E-state index contributed by atoms with van der Waals surface area (Å²) in [5.74, 6) is -2.57. The minimum absolute atomic E-state index is 0. The van der Waals surface area contributed by atoms with Crippen molar-refractivity contribution in [2.75, 3.05) is 31.1 Å². The first-order valence-electron chi connectivity index (χ1n) is 7.96. The summed E-state index contributed by atoms with van der Waals surface area (Å²) >= 11 is 0. The van der Waals surface area contributed by atoms with Crippen LogP contribution in [0.2, 0.25) is 0 Å². The monoisotopic (exact) mass is 371 g/mol. The summed E-state index contributed by atoms with van der Waals surface area (Å²) in [6.45, 7) is 2.26. The van der Waals surface area contributed by atoms with Crippen molar-refractivity contribution in [3.63, 3.8) is 0 Å².